The van der Waals surface area contributed by atoms with Crippen molar-refractivity contribution in [3.63, 3.8) is 0 Å². The number of nitrogens with zero attached hydrogens (tertiary/aromatic N) is 2. The molecule has 2 aromatic heterocycles. The van der Waals surface area contributed by atoms with E-state index in [0.717, 1.165) is 27.5 Å². The van der Waals surface area contributed by atoms with Gasteiger partial charge < -0.3 is 9.88 Å². The first-order valence-electron chi connectivity index (χ1n) is 11.3. The van der Waals surface area contributed by atoms with Crippen molar-refractivity contribution in [3.05, 3.63) is 80.8 Å². The lowest BCUT2D eigenvalue weighted by Crippen LogP contribution is -2.23. The molecule has 1 aliphatic carbocycles. The molecule has 0 atom stereocenters. The topological polar surface area (TPSA) is 57.8 Å². The first-order valence-corrected chi connectivity index (χ1v) is 12.2. The molecule has 0 radical (unpaired) electrons. The van der Waals surface area contributed by atoms with Gasteiger partial charge in [-0.3, -0.25) is 4.79 Å². The number of aryl methyl sites for hydroxylation is 1. The first kappa shape index (κ1) is 22.1. The zero-order valence-electron chi connectivity index (χ0n) is 18.7. The molecule has 1 saturated carbocycles. The highest BCUT2D eigenvalue weighted by molar-refractivity contribution is 7.09. The van der Waals surface area contributed by atoms with E-state index in [1.807, 2.05) is 30.5 Å². The number of nitrogens with one attached hydrogen (secondary N) is 1. The molecular formula is C27H29N3OS. The number of thiophene rings is 1. The number of carbonyl (C=O) groups excluding carboxylic acids is 1. The third kappa shape index (κ3) is 4.87. The second kappa shape index (κ2) is 10.0. The first-order chi connectivity index (χ1) is 15.6. The van der Waals surface area contributed by atoms with Crippen LogP contribution in [0.15, 0.2) is 53.4 Å². The van der Waals surface area contributed by atoms with Crippen LogP contribution in [-0.4, -0.2) is 10.5 Å². The summed E-state index contributed by atoms with van der Waals surface area (Å²) in [6.45, 7) is 4.52. The van der Waals surface area contributed by atoms with Gasteiger partial charge in [-0.2, -0.15) is 5.26 Å². The predicted octanol–water partition coefficient (Wildman–Crippen LogP) is 6.43. The lowest BCUT2D eigenvalue weighted by molar-refractivity contribution is -0.117. The Balaban J connectivity index is 1.54. The second-order valence-corrected chi connectivity index (χ2v) is 9.55. The molecule has 1 aromatic carbocycles. The van der Waals surface area contributed by atoms with Crippen molar-refractivity contribution >= 4 is 23.3 Å². The Hall–Kier alpha value is -3.10. The number of benzene rings is 1. The summed E-state index contributed by atoms with van der Waals surface area (Å²) in [5.74, 6) is 0.344. The average Bonchev–Trinajstić information content (AvgIpc) is 3.44. The SMILES string of the molecule is Cc1cc(/C=C(\C#N)C(=O)NCc2cccs2)c(C)n1-c1ccc(C2CCCCC2)cc1. The quantitative estimate of drug-likeness (QED) is 0.353. The number of hydrogen-bond acceptors (Lipinski definition) is 3. The number of hydrogen-bond donors (Lipinski definition) is 1. The molecule has 0 aliphatic heterocycles. The lowest BCUT2D eigenvalue weighted by atomic mass is 9.84. The van der Waals surface area contributed by atoms with Crippen molar-refractivity contribution in [2.24, 2.45) is 0 Å². The molecule has 2 heterocycles. The van der Waals surface area contributed by atoms with E-state index in [2.05, 4.69) is 47.1 Å². The highest BCUT2D eigenvalue weighted by Crippen LogP contribution is 2.33. The molecule has 0 unspecified atom stereocenters. The van der Waals surface area contributed by atoms with Gasteiger partial charge in [-0.25, -0.2) is 0 Å². The van der Waals surface area contributed by atoms with Crippen LogP contribution in [0.4, 0.5) is 0 Å². The van der Waals surface area contributed by atoms with Crippen LogP contribution in [0.3, 0.4) is 0 Å². The van der Waals surface area contributed by atoms with Crippen molar-refractivity contribution in [2.45, 2.75) is 58.4 Å². The fourth-order valence-electron chi connectivity index (χ4n) is 4.64. The normalized spacial score (nSPS) is 14.8. The van der Waals surface area contributed by atoms with Gasteiger partial charge in [-0.1, -0.05) is 37.5 Å². The maximum absolute atomic E-state index is 12.5. The van der Waals surface area contributed by atoms with Gasteiger partial charge in [0.05, 0.1) is 6.54 Å². The van der Waals surface area contributed by atoms with Crippen molar-refractivity contribution in [3.8, 4) is 11.8 Å². The molecule has 32 heavy (non-hydrogen) atoms. The third-order valence-corrected chi connectivity index (χ3v) is 7.24. The van der Waals surface area contributed by atoms with Gasteiger partial charge in [0.1, 0.15) is 11.6 Å². The van der Waals surface area contributed by atoms with Gasteiger partial charge in [0.25, 0.3) is 5.91 Å². The van der Waals surface area contributed by atoms with Crippen LogP contribution >= 0.6 is 11.3 Å². The van der Waals surface area contributed by atoms with E-state index in [-0.39, 0.29) is 11.5 Å². The van der Waals surface area contributed by atoms with E-state index < -0.39 is 0 Å². The van der Waals surface area contributed by atoms with E-state index in [9.17, 15) is 10.1 Å². The van der Waals surface area contributed by atoms with E-state index in [1.54, 1.807) is 17.4 Å². The van der Waals surface area contributed by atoms with Gasteiger partial charge in [0.15, 0.2) is 0 Å². The van der Waals surface area contributed by atoms with Gasteiger partial charge in [0, 0.05) is 22.0 Å². The summed E-state index contributed by atoms with van der Waals surface area (Å²) in [6, 6.07) is 16.9. The minimum Gasteiger partial charge on any atom is -0.347 e. The van der Waals surface area contributed by atoms with Crippen molar-refractivity contribution in [1.82, 2.24) is 9.88 Å². The largest absolute Gasteiger partial charge is 0.347 e. The summed E-state index contributed by atoms with van der Waals surface area (Å²) < 4.78 is 2.19. The molecule has 0 bridgehead atoms. The molecular weight excluding hydrogens is 414 g/mol. The number of amides is 1. The van der Waals surface area contributed by atoms with Gasteiger partial charge >= 0.3 is 0 Å². The van der Waals surface area contributed by atoms with Crippen LogP contribution in [0.1, 0.15) is 65.4 Å². The molecule has 4 nitrogen and oxygen atoms in total. The molecule has 1 aliphatic rings. The van der Waals surface area contributed by atoms with E-state index in [1.165, 1.54) is 37.7 Å². The highest BCUT2D eigenvalue weighted by Gasteiger charge is 2.17. The highest BCUT2D eigenvalue weighted by atomic mass is 32.1. The molecule has 1 fully saturated rings. The predicted molar refractivity (Wildman–Crippen MR) is 131 cm³/mol. The van der Waals surface area contributed by atoms with Crippen LogP contribution in [0.2, 0.25) is 0 Å². The standard InChI is InChI=1S/C27H29N3OS/c1-19-15-23(16-24(17-28)27(31)29-18-26-9-6-14-32-26)20(2)30(19)25-12-10-22(11-13-25)21-7-4-3-5-8-21/h6,9-16,21H,3-5,7-8,18H2,1-2H3,(H,29,31)/b24-16+. The number of aromatic nitrogens is 1. The summed E-state index contributed by atoms with van der Waals surface area (Å²) in [5.41, 5.74) is 5.66. The molecule has 4 rings (SSSR count). The molecule has 0 spiro atoms. The number of rotatable bonds is 6. The Morgan fingerprint density at radius 1 is 1.19 bits per heavy atom. The average molecular weight is 444 g/mol. The van der Waals surface area contributed by atoms with Crippen LogP contribution in [0.25, 0.3) is 11.8 Å². The summed E-state index contributed by atoms with van der Waals surface area (Å²) in [7, 11) is 0. The minimum absolute atomic E-state index is 0.120. The molecule has 3 aromatic rings. The Labute approximate surface area is 194 Å². The Morgan fingerprint density at radius 3 is 2.59 bits per heavy atom. The van der Waals surface area contributed by atoms with Crippen LogP contribution in [0, 0.1) is 25.2 Å². The fourth-order valence-corrected chi connectivity index (χ4v) is 5.29. The molecule has 0 saturated heterocycles. The monoisotopic (exact) mass is 443 g/mol. The van der Waals surface area contributed by atoms with Crippen LogP contribution in [0.5, 0.6) is 0 Å². The van der Waals surface area contributed by atoms with Crippen molar-refractivity contribution in [1.29, 1.82) is 5.26 Å². The van der Waals surface area contributed by atoms with Gasteiger partial charge in [0.2, 0.25) is 0 Å². The van der Waals surface area contributed by atoms with E-state index in [0.29, 0.717) is 12.5 Å². The lowest BCUT2D eigenvalue weighted by Gasteiger charge is -2.22. The zero-order valence-corrected chi connectivity index (χ0v) is 19.5. The number of carbonyl (C=O) groups is 1. The van der Waals surface area contributed by atoms with E-state index >= 15 is 0 Å². The zero-order chi connectivity index (χ0) is 22.5. The Bertz CT molecular complexity index is 1140. The maximum atomic E-state index is 12.5. The van der Waals surface area contributed by atoms with Crippen molar-refractivity contribution in [2.75, 3.05) is 0 Å². The molecule has 164 valence electrons. The van der Waals surface area contributed by atoms with Gasteiger partial charge in [-0.05, 0) is 79.5 Å². The van der Waals surface area contributed by atoms with Gasteiger partial charge in [-0.15, -0.1) is 11.3 Å². The summed E-state index contributed by atoms with van der Waals surface area (Å²) in [6.07, 6.45) is 8.31. The van der Waals surface area contributed by atoms with Crippen molar-refractivity contribution < 1.29 is 4.79 Å². The third-order valence-electron chi connectivity index (χ3n) is 6.37. The maximum Gasteiger partial charge on any atom is 0.262 e. The Morgan fingerprint density at radius 2 is 1.94 bits per heavy atom. The molecule has 1 amide bonds. The van der Waals surface area contributed by atoms with Crippen LogP contribution in [-0.2, 0) is 11.3 Å². The smallest absolute Gasteiger partial charge is 0.262 e. The minimum atomic E-state index is -0.345. The Kier molecular flexibility index (Phi) is 6.92. The van der Waals surface area contributed by atoms with E-state index in [4.69, 9.17) is 0 Å². The van der Waals surface area contributed by atoms with Crippen LogP contribution < -0.4 is 5.32 Å². The molecule has 1 N–H and O–H groups in total. The summed E-state index contributed by atoms with van der Waals surface area (Å²) >= 11 is 1.58. The summed E-state index contributed by atoms with van der Waals surface area (Å²) in [5, 5.41) is 14.4. The molecule has 5 heteroatoms. The fraction of sp³-hybridized carbons (Fsp3) is 0.333. The summed E-state index contributed by atoms with van der Waals surface area (Å²) in [4.78, 5) is 13.6. The number of nitriles is 1. The second-order valence-electron chi connectivity index (χ2n) is 8.52.